The molecule has 1 fully saturated rings. The fraction of sp³-hybridized carbons (Fsp3) is 0.692. The minimum atomic E-state index is 0.369. The summed E-state index contributed by atoms with van der Waals surface area (Å²) >= 11 is 0. The molecule has 1 aromatic heterocycles. The zero-order valence-corrected chi connectivity index (χ0v) is 12.4. The number of nitrogens with one attached hydrogen (secondary N) is 2. The molecule has 0 amide bonds. The van der Waals surface area contributed by atoms with E-state index in [4.69, 9.17) is 10.6 Å². The summed E-state index contributed by atoms with van der Waals surface area (Å²) in [6.45, 7) is 3.71. The lowest BCUT2D eigenvalue weighted by molar-refractivity contribution is 0.177. The molecule has 0 bridgehead atoms. The Morgan fingerprint density at radius 1 is 1.45 bits per heavy atom. The van der Waals surface area contributed by atoms with E-state index < -0.39 is 0 Å². The van der Waals surface area contributed by atoms with Crippen LogP contribution < -0.4 is 16.6 Å². The molecule has 7 heteroatoms. The number of nitrogens with two attached hydrogens (primary N) is 1. The monoisotopic (exact) mass is 280 g/mol. The number of hydrogen-bond donors (Lipinski definition) is 3. The van der Waals surface area contributed by atoms with Crippen LogP contribution in [0.25, 0.3) is 0 Å². The van der Waals surface area contributed by atoms with Gasteiger partial charge in [-0.2, -0.15) is 0 Å². The van der Waals surface area contributed by atoms with Crippen molar-refractivity contribution in [3.05, 3.63) is 11.9 Å². The highest BCUT2D eigenvalue weighted by Gasteiger charge is 2.23. The molecule has 2 unspecified atom stereocenters. The van der Waals surface area contributed by atoms with Gasteiger partial charge < -0.3 is 20.4 Å². The first-order valence-electron chi connectivity index (χ1n) is 6.92. The number of nitrogens with zero attached hydrogens (tertiary/aromatic N) is 3. The SMILES string of the molecule is COCc1nc(NN)cc(NC2CCN(C)C(C)C2)n1. The Morgan fingerprint density at radius 2 is 2.20 bits per heavy atom. The molecule has 4 N–H and O–H groups in total. The van der Waals surface area contributed by atoms with Crippen molar-refractivity contribution in [2.75, 3.05) is 31.4 Å². The number of hydrazine groups is 1. The van der Waals surface area contributed by atoms with E-state index in [1.54, 1.807) is 7.11 Å². The van der Waals surface area contributed by atoms with Crippen molar-refractivity contribution in [2.45, 2.75) is 38.5 Å². The maximum absolute atomic E-state index is 5.44. The Bertz CT molecular complexity index is 441. The Hall–Kier alpha value is -1.44. The lowest BCUT2D eigenvalue weighted by Gasteiger charge is -2.35. The molecule has 1 aliphatic rings. The molecule has 112 valence electrons. The van der Waals surface area contributed by atoms with Crippen LogP contribution in [-0.2, 0) is 11.3 Å². The van der Waals surface area contributed by atoms with E-state index in [9.17, 15) is 0 Å². The van der Waals surface area contributed by atoms with Gasteiger partial charge in [0.05, 0.1) is 0 Å². The fourth-order valence-corrected chi connectivity index (χ4v) is 2.47. The van der Waals surface area contributed by atoms with E-state index in [0.717, 1.165) is 25.2 Å². The third-order valence-corrected chi connectivity index (χ3v) is 3.75. The molecule has 2 atom stereocenters. The topological polar surface area (TPSA) is 88.3 Å². The minimum Gasteiger partial charge on any atom is -0.377 e. The highest BCUT2D eigenvalue weighted by molar-refractivity contribution is 5.47. The number of likely N-dealkylation sites (tertiary alicyclic amines) is 1. The molecule has 1 aromatic rings. The Kier molecular flexibility index (Phi) is 5.11. The molecule has 1 aliphatic heterocycles. The second-order valence-corrected chi connectivity index (χ2v) is 5.33. The molecule has 0 aromatic carbocycles. The van der Waals surface area contributed by atoms with E-state index in [1.807, 2.05) is 6.07 Å². The van der Waals surface area contributed by atoms with Crippen molar-refractivity contribution in [1.82, 2.24) is 14.9 Å². The van der Waals surface area contributed by atoms with E-state index in [2.05, 4.69) is 39.6 Å². The number of anilines is 2. The van der Waals surface area contributed by atoms with Crippen LogP contribution >= 0.6 is 0 Å². The first kappa shape index (κ1) is 15.0. The molecule has 2 heterocycles. The van der Waals surface area contributed by atoms with E-state index in [-0.39, 0.29) is 0 Å². The van der Waals surface area contributed by atoms with Crippen LogP contribution in [0, 0.1) is 0 Å². The Labute approximate surface area is 119 Å². The second kappa shape index (κ2) is 6.83. The standard InChI is InChI=1S/C13H24N6O/c1-9-6-10(4-5-19(9)2)15-11-7-12(18-14)17-13(16-11)8-20-3/h7,9-10H,4-6,8,14H2,1-3H3,(H2,15,16,17,18). The summed E-state index contributed by atoms with van der Waals surface area (Å²) in [4.78, 5) is 11.1. The lowest BCUT2D eigenvalue weighted by Crippen LogP contribution is -2.42. The third kappa shape index (κ3) is 3.78. The predicted octanol–water partition coefficient (Wildman–Crippen LogP) is 0.803. The maximum Gasteiger partial charge on any atom is 0.158 e. The average Bonchev–Trinajstić information content (AvgIpc) is 2.43. The van der Waals surface area contributed by atoms with E-state index >= 15 is 0 Å². The van der Waals surface area contributed by atoms with Gasteiger partial charge >= 0.3 is 0 Å². The van der Waals surface area contributed by atoms with E-state index in [0.29, 0.717) is 30.3 Å². The Balaban J connectivity index is 2.06. The molecule has 0 spiro atoms. The molecule has 1 saturated heterocycles. The van der Waals surface area contributed by atoms with Crippen LogP contribution in [0.1, 0.15) is 25.6 Å². The van der Waals surface area contributed by atoms with Gasteiger partial charge in [-0.25, -0.2) is 15.8 Å². The lowest BCUT2D eigenvalue weighted by atomic mass is 9.99. The number of nitrogen functional groups attached to an aromatic ring is 1. The van der Waals surface area contributed by atoms with Crippen molar-refractivity contribution in [1.29, 1.82) is 0 Å². The van der Waals surface area contributed by atoms with Crippen molar-refractivity contribution in [3.63, 3.8) is 0 Å². The van der Waals surface area contributed by atoms with Gasteiger partial charge in [-0.15, -0.1) is 0 Å². The van der Waals surface area contributed by atoms with E-state index in [1.165, 1.54) is 0 Å². The van der Waals surface area contributed by atoms with Gasteiger partial charge in [0.1, 0.15) is 18.2 Å². The normalized spacial score (nSPS) is 23.6. The van der Waals surface area contributed by atoms with Gasteiger partial charge in [0.2, 0.25) is 0 Å². The molecular weight excluding hydrogens is 256 g/mol. The molecule has 0 radical (unpaired) electrons. The summed E-state index contributed by atoms with van der Waals surface area (Å²) in [5.41, 5.74) is 2.56. The molecule has 0 aliphatic carbocycles. The zero-order chi connectivity index (χ0) is 14.5. The summed E-state index contributed by atoms with van der Waals surface area (Å²) in [6.07, 6.45) is 2.21. The first-order chi connectivity index (χ1) is 9.62. The number of methoxy groups -OCH3 is 1. The number of rotatable bonds is 5. The van der Waals surface area contributed by atoms with Gasteiger partial charge in [-0.3, -0.25) is 0 Å². The van der Waals surface area contributed by atoms with Crippen molar-refractivity contribution in [2.24, 2.45) is 5.84 Å². The average molecular weight is 280 g/mol. The first-order valence-corrected chi connectivity index (χ1v) is 6.92. The van der Waals surface area contributed by atoms with Gasteiger partial charge in [-0.1, -0.05) is 0 Å². The number of ether oxygens (including phenoxy) is 1. The van der Waals surface area contributed by atoms with Crippen LogP contribution in [0.4, 0.5) is 11.6 Å². The molecule has 0 saturated carbocycles. The zero-order valence-electron chi connectivity index (χ0n) is 12.4. The van der Waals surface area contributed by atoms with Gasteiger partial charge in [-0.05, 0) is 26.8 Å². The van der Waals surface area contributed by atoms with Gasteiger partial charge in [0.15, 0.2) is 5.82 Å². The number of hydrogen-bond acceptors (Lipinski definition) is 7. The summed E-state index contributed by atoms with van der Waals surface area (Å²) < 4.78 is 5.08. The molecular formula is C13H24N6O. The quantitative estimate of drug-likeness (QED) is 0.543. The van der Waals surface area contributed by atoms with Crippen molar-refractivity contribution >= 4 is 11.6 Å². The fourth-order valence-electron chi connectivity index (χ4n) is 2.47. The van der Waals surface area contributed by atoms with Crippen LogP contribution in [0.2, 0.25) is 0 Å². The molecule has 2 rings (SSSR count). The van der Waals surface area contributed by atoms with Crippen LogP contribution in [0.3, 0.4) is 0 Å². The molecule has 20 heavy (non-hydrogen) atoms. The van der Waals surface area contributed by atoms with Gasteiger partial charge in [0, 0.05) is 31.8 Å². The van der Waals surface area contributed by atoms with Crippen LogP contribution in [0.15, 0.2) is 6.07 Å². The summed E-state index contributed by atoms with van der Waals surface area (Å²) in [5.74, 6) is 7.45. The third-order valence-electron chi connectivity index (χ3n) is 3.75. The second-order valence-electron chi connectivity index (χ2n) is 5.33. The van der Waals surface area contributed by atoms with Crippen molar-refractivity contribution < 1.29 is 4.74 Å². The highest BCUT2D eigenvalue weighted by atomic mass is 16.5. The van der Waals surface area contributed by atoms with Crippen LogP contribution in [0.5, 0.6) is 0 Å². The molecule has 7 nitrogen and oxygen atoms in total. The van der Waals surface area contributed by atoms with Gasteiger partial charge in [0.25, 0.3) is 0 Å². The van der Waals surface area contributed by atoms with Crippen LogP contribution in [-0.4, -0.2) is 47.7 Å². The largest absolute Gasteiger partial charge is 0.377 e. The highest BCUT2D eigenvalue weighted by Crippen LogP contribution is 2.20. The summed E-state index contributed by atoms with van der Waals surface area (Å²) in [7, 11) is 3.79. The Morgan fingerprint density at radius 3 is 2.85 bits per heavy atom. The predicted molar refractivity (Wildman–Crippen MR) is 79.3 cm³/mol. The minimum absolute atomic E-state index is 0.369. The summed E-state index contributed by atoms with van der Waals surface area (Å²) in [5, 5.41) is 3.48. The maximum atomic E-state index is 5.44. The smallest absolute Gasteiger partial charge is 0.158 e. The number of aromatic nitrogens is 2. The number of piperidine rings is 1. The van der Waals surface area contributed by atoms with Crippen molar-refractivity contribution in [3.8, 4) is 0 Å². The summed E-state index contributed by atoms with van der Waals surface area (Å²) in [6, 6.07) is 2.83.